The molecule has 0 bridgehead atoms. The minimum Gasteiger partial charge on any atom is -0.389 e. The van der Waals surface area contributed by atoms with Gasteiger partial charge in [0.25, 0.3) is 0 Å². The number of aliphatic hydroxyl groups is 1. The highest BCUT2D eigenvalue weighted by Gasteiger charge is 2.33. The molecule has 4 heteroatoms. The molecule has 0 spiro atoms. The van der Waals surface area contributed by atoms with Gasteiger partial charge in [0.2, 0.25) is 0 Å². The number of aromatic amines is 1. The molecule has 1 saturated carbocycles. The van der Waals surface area contributed by atoms with E-state index >= 15 is 0 Å². The van der Waals surface area contributed by atoms with Crippen molar-refractivity contribution in [2.75, 3.05) is 6.54 Å². The number of nitrogens with zero attached hydrogens (tertiary/aromatic N) is 1. The highest BCUT2D eigenvalue weighted by molar-refractivity contribution is 5.23. The van der Waals surface area contributed by atoms with E-state index in [-0.39, 0.29) is 5.41 Å². The van der Waals surface area contributed by atoms with Gasteiger partial charge in [0.1, 0.15) is 0 Å². The van der Waals surface area contributed by atoms with Crippen molar-refractivity contribution < 1.29 is 5.11 Å². The van der Waals surface area contributed by atoms with Gasteiger partial charge in [-0.25, -0.2) is 0 Å². The maximum absolute atomic E-state index is 9.98. The third-order valence-electron chi connectivity index (χ3n) is 3.52. The standard InChI is InChI=1S/C13H23N3O/c1-12(2,3)11-10(8-15-16-11)7-14-9-13(17)5-4-6-13/h8,14,17H,4-7,9H2,1-3H3,(H,15,16). The molecule has 1 aromatic rings. The minimum atomic E-state index is -0.453. The molecule has 17 heavy (non-hydrogen) atoms. The van der Waals surface area contributed by atoms with Gasteiger partial charge >= 0.3 is 0 Å². The molecule has 96 valence electrons. The maximum Gasteiger partial charge on any atom is 0.0771 e. The van der Waals surface area contributed by atoms with Crippen molar-refractivity contribution in [3.05, 3.63) is 17.5 Å². The zero-order valence-corrected chi connectivity index (χ0v) is 11.0. The second-order valence-electron chi connectivity index (χ2n) is 6.20. The number of nitrogens with one attached hydrogen (secondary N) is 2. The lowest BCUT2D eigenvalue weighted by Crippen LogP contribution is -2.46. The Morgan fingerprint density at radius 1 is 1.47 bits per heavy atom. The van der Waals surface area contributed by atoms with Crippen molar-refractivity contribution in [1.29, 1.82) is 0 Å². The van der Waals surface area contributed by atoms with Crippen LogP contribution in [0, 0.1) is 0 Å². The number of hydrogen-bond acceptors (Lipinski definition) is 3. The molecule has 0 amide bonds. The Balaban J connectivity index is 1.89. The van der Waals surface area contributed by atoms with Crippen LogP contribution in [0.25, 0.3) is 0 Å². The van der Waals surface area contributed by atoms with E-state index in [9.17, 15) is 5.11 Å². The predicted molar refractivity (Wildman–Crippen MR) is 67.8 cm³/mol. The Labute approximate surface area is 103 Å². The third-order valence-corrected chi connectivity index (χ3v) is 3.52. The molecule has 0 radical (unpaired) electrons. The Hall–Kier alpha value is -0.870. The number of aromatic nitrogens is 2. The minimum absolute atomic E-state index is 0.0842. The molecular weight excluding hydrogens is 214 g/mol. The number of hydrogen-bond donors (Lipinski definition) is 3. The van der Waals surface area contributed by atoms with E-state index in [0.717, 1.165) is 25.8 Å². The fourth-order valence-corrected chi connectivity index (χ4v) is 2.29. The first kappa shape index (κ1) is 12.6. The average Bonchev–Trinajstić information content (AvgIpc) is 2.63. The van der Waals surface area contributed by atoms with Gasteiger partial charge in [-0.15, -0.1) is 0 Å². The summed E-state index contributed by atoms with van der Waals surface area (Å²) in [6, 6.07) is 0. The molecule has 1 aromatic heterocycles. The van der Waals surface area contributed by atoms with Crippen molar-refractivity contribution in [3.8, 4) is 0 Å². The normalized spacial score (nSPS) is 19.1. The first-order valence-electron chi connectivity index (χ1n) is 6.37. The van der Waals surface area contributed by atoms with E-state index in [0.29, 0.717) is 6.54 Å². The summed E-state index contributed by atoms with van der Waals surface area (Å²) in [6.07, 6.45) is 4.88. The molecule has 1 fully saturated rings. The molecule has 0 aromatic carbocycles. The smallest absolute Gasteiger partial charge is 0.0771 e. The largest absolute Gasteiger partial charge is 0.389 e. The molecule has 0 unspecified atom stereocenters. The van der Waals surface area contributed by atoms with Crippen molar-refractivity contribution in [1.82, 2.24) is 15.5 Å². The topological polar surface area (TPSA) is 60.9 Å². The lowest BCUT2D eigenvalue weighted by atomic mass is 9.80. The Morgan fingerprint density at radius 2 is 2.18 bits per heavy atom. The summed E-state index contributed by atoms with van der Waals surface area (Å²) in [5, 5.41) is 20.5. The summed E-state index contributed by atoms with van der Waals surface area (Å²) in [5.74, 6) is 0. The first-order valence-corrected chi connectivity index (χ1v) is 6.37. The predicted octanol–water partition coefficient (Wildman–Crippen LogP) is 1.71. The van der Waals surface area contributed by atoms with Gasteiger partial charge < -0.3 is 10.4 Å². The van der Waals surface area contributed by atoms with Crippen LogP contribution in [0.1, 0.15) is 51.3 Å². The zero-order valence-electron chi connectivity index (χ0n) is 11.0. The van der Waals surface area contributed by atoms with Crippen LogP contribution < -0.4 is 5.32 Å². The highest BCUT2D eigenvalue weighted by atomic mass is 16.3. The fourth-order valence-electron chi connectivity index (χ4n) is 2.29. The van der Waals surface area contributed by atoms with E-state index in [1.165, 1.54) is 11.3 Å². The van der Waals surface area contributed by atoms with E-state index in [4.69, 9.17) is 0 Å². The summed E-state index contributed by atoms with van der Waals surface area (Å²) >= 11 is 0. The molecule has 0 atom stereocenters. The molecule has 3 N–H and O–H groups in total. The van der Waals surface area contributed by atoms with Crippen LogP contribution in [0.2, 0.25) is 0 Å². The van der Waals surface area contributed by atoms with Gasteiger partial charge in [0.15, 0.2) is 0 Å². The molecule has 4 nitrogen and oxygen atoms in total. The van der Waals surface area contributed by atoms with Gasteiger partial charge in [0, 0.05) is 29.8 Å². The van der Waals surface area contributed by atoms with Crippen molar-refractivity contribution >= 4 is 0 Å². The van der Waals surface area contributed by atoms with Crippen LogP contribution in [0.15, 0.2) is 6.20 Å². The number of H-pyrrole nitrogens is 1. The second kappa shape index (κ2) is 4.42. The summed E-state index contributed by atoms with van der Waals surface area (Å²) in [5.41, 5.74) is 2.00. The Bertz CT molecular complexity index is 374. The van der Waals surface area contributed by atoms with E-state index in [1.54, 1.807) is 0 Å². The van der Waals surface area contributed by atoms with Crippen LogP contribution in [-0.2, 0) is 12.0 Å². The van der Waals surface area contributed by atoms with Gasteiger partial charge in [-0.3, -0.25) is 5.10 Å². The first-order chi connectivity index (χ1) is 7.91. The molecule has 1 aliphatic rings. The number of rotatable bonds is 4. The van der Waals surface area contributed by atoms with Crippen LogP contribution in [0.4, 0.5) is 0 Å². The van der Waals surface area contributed by atoms with Gasteiger partial charge in [-0.1, -0.05) is 20.8 Å². The van der Waals surface area contributed by atoms with Crippen molar-refractivity contribution in [3.63, 3.8) is 0 Å². The van der Waals surface area contributed by atoms with Gasteiger partial charge in [0.05, 0.1) is 11.8 Å². The van der Waals surface area contributed by atoms with Crippen LogP contribution in [-0.4, -0.2) is 27.4 Å². The molecule has 0 aliphatic heterocycles. The molecule has 0 saturated heterocycles. The Morgan fingerprint density at radius 3 is 2.71 bits per heavy atom. The summed E-state index contributed by atoms with van der Waals surface area (Å²) in [4.78, 5) is 0. The van der Waals surface area contributed by atoms with Crippen molar-refractivity contribution in [2.24, 2.45) is 0 Å². The SMILES string of the molecule is CC(C)(C)c1[nH]ncc1CNCC1(O)CCC1. The quantitative estimate of drug-likeness (QED) is 0.747. The van der Waals surface area contributed by atoms with Gasteiger partial charge in [-0.2, -0.15) is 5.10 Å². The van der Waals surface area contributed by atoms with Crippen LogP contribution in [0.5, 0.6) is 0 Å². The summed E-state index contributed by atoms with van der Waals surface area (Å²) in [7, 11) is 0. The van der Waals surface area contributed by atoms with Crippen molar-refractivity contribution in [2.45, 2.75) is 57.6 Å². The molecule has 1 heterocycles. The summed E-state index contributed by atoms with van der Waals surface area (Å²) in [6.45, 7) is 7.96. The van der Waals surface area contributed by atoms with E-state index in [2.05, 4.69) is 36.3 Å². The zero-order chi connectivity index (χ0) is 12.5. The average molecular weight is 237 g/mol. The lowest BCUT2D eigenvalue weighted by molar-refractivity contribution is -0.0314. The highest BCUT2D eigenvalue weighted by Crippen LogP contribution is 2.30. The monoisotopic (exact) mass is 237 g/mol. The Kier molecular flexibility index (Phi) is 3.27. The second-order valence-corrected chi connectivity index (χ2v) is 6.20. The molecule has 1 aliphatic carbocycles. The maximum atomic E-state index is 9.98. The fraction of sp³-hybridized carbons (Fsp3) is 0.769. The van der Waals surface area contributed by atoms with E-state index in [1.807, 2.05) is 6.20 Å². The van der Waals surface area contributed by atoms with Crippen LogP contribution >= 0.6 is 0 Å². The summed E-state index contributed by atoms with van der Waals surface area (Å²) < 4.78 is 0. The third kappa shape index (κ3) is 2.87. The molecule has 2 rings (SSSR count). The lowest BCUT2D eigenvalue weighted by Gasteiger charge is -2.36. The van der Waals surface area contributed by atoms with Crippen LogP contribution in [0.3, 0.4) is 0 Å². The molecular formula is C13H23N3O. The van der Waals surface area contributed by atoms with Gasteiger partial charge in [-0.05, 0) is 19.3 Å². The van der Waals surface area contributed by atoms with E-state index < -0.39 is 5.60 Å².